The molecule has 1 N–H and O–H groups in total. The van der Waals surface area contributed by atoms with Crippen LogP contribution in [0.2, 0.25) is 0 Å². The number of rotatable bonds is 3. The lowest BCUT2D eigenvalue weighted by molar-refractivity contribution is -0.115. The quantitative estimate of drug-likeness (QED) is 0.808. The van der Waals surface area contributed by atoms with Gasteiger partial charge in [0.15, 0.2) is 0 Å². The van der Waals surface area contributed by atoms with Crippen LogP contribution >= 0.6 is 0 Å². The van der Waals surface area contributed by atoms with Gasteiger partial charge in [-0.1, -0.05) is 35.9 Å². The van der Waals surface area contributed by atoms with Gasteiger partial charge in [-0.2, -0.15) is 0 Å². The van der Waals surface area contributed by atoms with Gasteiger partial charge in [0.2, 0.25) is 5.91 Å². The van der Waals surface area contributed by atoms with E-state index in [0.29, 0.717) is 17.5 Å². The first kappa shape index (κ1) is 15.0. The number of benzene rings is 2. The van der Waals surface area contributed by atoms with Crippen LogP contribution in [0.3, 0.4) is 0 Å². The summed E-state index contributed by atoms with van der Waals surface area (Å²) < 4.78 is 1.53. The Bertz CT molecular complexity index is 924. The molecule has 0 saturated carbocycles. The summed E-state index contributed by atoms with van der Waals surface area (Å²) in [7, 11) is 1.71. The van der Waals surface area contributed by atoms with Crippen molar-refractivity contribution in [1.82, 2.24) is 4.57 Å². The average Bonchev–Trinajstić information content (AvgIpc) is 2.53. The van der Waals surface area contributed by atoms with Gasteiger partial charge in [0.1, 0.15) is 0 Å². The molecule has 0 aliphatic heterocycles. The van der Waals surface area contributed by atoms with Crippen molar-refractivity contribution >= 4 is 22.4 Å². The van der Waals surface area contributed by atoms with E-state index >= 15 is 0 Å². The summed E-state index contributed by atoms with van der Waals surface area (Å²) in [5.41, 5.74) is 2.72. The number of carbonyl (C=O) groups excluding carboxylic acids is 1. The fourth-order valence-electron chi connectivity index (χ4n) is 2.57. The zero-order chi connectivity index (χ0) is 16.4. The number of aromatic nitrogens is 1. The lowest BCUT2D eigenvalue weighted by atomic mass is 10.1. The number of nitrogens with zero attached hydrogens (tertiary/aromatic N) is 1. The molecule has 1 aromatic heterocycles. The van der Waals surface area contributed by atoms with Crippen molar-refractivity contribution in [2.24, 2.45) is 7.05 Å². The number of hydrogen-bond donors (Lipinski definition) is 1. The van der Waals surface area contributed by atoms with E-state index < -0.39 is 0 Å². The molecule has 0 unspecified atom stereocenters. The maximum atomic E-state index is 12.3. The second-order valence-electron chi connectivity index (χ2n) is 5.71. The number of carbonyl (C=O) groups is 1. The highest BCUT2D eigenvalue weighted by Gasteiger charge is 2.09. The van der Waals surface area contributed by atoms with Crippen LogP contribution in [0.4, 0.5) is 5.69 Å². The van der Waals surface area contributed by atoms with Crippen molar-refractivity contribution in [3.05, 3.63) is 76.2 Å². The summed E-state index contributed by atoms with van der Waals surface area (Å²) in [5, 5.41) is 4.27. The fraction of sp³-hybridized carbons (Fsp3) is 0.158. The van der Waals surface area contributed by atoms with Gasteiger partial charge >= 0.3 is 0 Å². The smallest absolute Gasteiger partial charge is 0.258 e. The van der Waals surface area contributed by atoms with Gasteiger partial charge < -0.3 is 9.88 Å². The van der Waals surface area contributed by atoms with Crippen molar-refractivity contribution in [2.75, 3.05) is 5.32 Å². The summed E-state index contributed by atoms with van der Waals surface area (Å²) in [6, 6.07) is 15.1. The molecule has 4 heteroatoms. The molecule has 0 aliphatic rings. The van der Waals surface area contributed by atoms with Gasteiger partial charge in [0, 0.05) is 29.7 Å². The van der Waals surface area contributed by atoms with Gasteiger partial charge in [-0.05, 0) is 30.7 Å². The van der Waals surface area contributed by atoms with Crippen LogP contribution in [0.15, 0.2) is 59.5 Å². The number of aryl methyl sites for hydroxylation is 2. The van der Waals surface area contributed by atoms with Crippen molar-refractivity contribution in [3.8, 4) is 0 Å². The Labute approximate surface area is 134 Å². The molecule has 1 heterocycles. The molecule has 0 bridgehead atoms. The predicted octanol–water partition coefficient (Wildman–Crippen LogP) is 3.03. The van der Waals surface area contributed by atoms with Gasteiger partial charge in [-0.15, -0.1) is 0 Å². The van der Waals surface area contributed by atoms with E-state index in [2.05, 4.69) is 5.32 Å². The number of nitrogens with one attached hydrogen (secondary N) is 1. The van der Waals surface area contributed by atoms with Crippen molar-refractivity contribution in [2.45, 2.75) is 13.3 Å². The molecule has 4 nitrogen and oxygen atoms in total. The third-order valence-electron chi connectivity index (χ3n) is 3.88. The van der Waals surface area contributed by atoms with E-state index in [1.165, 1.54) is 10.1 Å². The molecule has 23 heavy (non-hydrogen) atoms. The van der Waals surface area contributed by atoms with E-state index in [9.17, 15) is 9.59 Å². The SMILES string of the molecule is Cc1ccc(CC(=O)Nc2cccc3c(=O)n(C)ccc23)cc1. The highest BCUT2D eigenvalue weighted by atomic mass is 16.1. The molecule has 116 valence electrons. The van der Waals surface area contributed by atoms with E-state index in [1.807, 2.05) is 43.3 Å². The van der Waals surface area contributed by atoms with Crippen LogP contribution in [-0.2, 0) is 18.3 Å². The standard InChI is InChI=1S/C19H18N2O2/c1-13-6-8-14(9-7-13)12-18(22)20-17-5-3-4-16-15(17)10-11-21(2)19(16)23/h3-11H,12H2,1-2H3,(H,20,22). The average molecular weight is 306 g/mol. The van der Waals surface area contributed by atoms with Gasteiger partial charge in [0.05, 0.1) is 6.42 Å². The monoisotopic (exact) mass is 306 g/mol. The minimum atomic E-state index is -0.0953. The first-order chi connectivity index (χ1) is 11.0. The van der Waals surface area contributed by atoms with E-state index in [1.54, 1.807) is 25.4 Å². The van der Waals surface area contributed by atoms with Crippen LogP contribution in [0.1, 0.15) is 11.1 Å². The summed E-state index contributed by atoms with van der Waals surface area (Å²) in [6.07, 6.45) is 2.02. The minimum absolute atomic E-state index is 0.0721. The number of anilines is 1. The van der Waals surface area contributed by atoms with Gasteiger partial charge in [-0.25, -0.2) is 0 Å². The minimum Gasteiger partial charge on any atom is -0.325 e. The van der Waals surface area contributed by atoms with Crippen LogP contribution in [0, 0.1) is 6.92 Å². The summed E-state index contributed by atoms with van der Waals surface area (Å²) >= 11 is 0. The van der Waals surface area contributed by atoms with Crippen LogP contribution < -0.4 is 10.9 Å². The second-order valence-corrected chi connectivity index (χ2v) is 5.71. The summed E-state index contributed by atoms with van der Waals surface area (Å²) in [6.45, 7) is 2.01. The highest BCUT2D eigenvalue weighted by molar-refractivity contribution is 6.02. The normalized spacial score (nSPS) is 10.7. The highest BCUT2D eigenvalue weighted by Crippen LogP contribution is 2.20. The largest absolute Gasteiger partial charge is 0.325 e. The molecule has 0 aliphatic carbocycles. The third kappa shape index (κ3) is 3.16. The molecule has 1 amide bonds. The summed E-state index contributed by atoms with van der Waals surface area (Å²) in [4.78, 5) is 24.4. The van der Waals surface area contributed by atoms with Gasteiger partial charge in [0.25, 0.3) is 5.56 Å². The Morgan fingerprint density at radius 2 is 1.78 bits per heavy atom. The fourth-order valence-corrected chi connectivity index (χ4v) is 2.57. The van der Waals surface area contributed by atoms with Crippen molar-refractivity contribution in [1.29, 1.82) is 0 Å². The summed E-state index contributed by atoms with van der Waals surface area (Å²) in [5.74, 6) is -0.0953. The number of hydrogen-bond acceptors (Lipinski definition) is 2. The second kappa shape index (κ2) is 6.08. The molecular formula is C19H18N2O2. The van der Waals surface area contributed by atoms with Crippen LogP contribution in [-0.4, -0.2) is 10.5 Å². The van der Waals surface area contributed by atoms with E-state index in [4.69, 9.17) is 0 Å². The first-order valence-electron chi connectivity index (χ1n) is 7.48. The molecule has 0 atom stereocenters. The maximum Gasteiger partial charge on any atom is 0.258 e. The Balaban J connectivity index is 1.86. The Morgan fingerprint density at radius 3 is 2.52 bits per heavy atom. The number of amides is 1. The van der Waals surface area contributed by atoms with E-state index in [-0.39, 0.29) is 11.5 Å². The molecule has 3 rings (SSSR count). The molecule has 0 spiro atoms. The topological polar surface area (TPSA) is 51.1 Å². The van der Waals surface area contributed by atoms with Crippen LogP contribution in [0.25, 0.3) is 10.8 Å². The number of pyridine rings is 1. The Hall–Kier alpha value is -2.88. The molecule has 0 fully saturated rings. The first-order valence-corrected chi connectivity index (χ1v) is 7.48. The predicted molar refractivity (Wildman–Crippen MR) is 92.7 cm³/mol. The van der Waals surface area contributed by atoms with Crippen molar-refractivity contribution < 1.29 is 4.79 Å². The molecular weight excluding hydrogens is 288 g/mol. The van der Waals surface area contributed by atoms with E-state index in [0.717, 1.165) is 10.9 Å². The van der Waals surface area contributed by atoms with Gasteiger partial charge in [-0.3, -0.25) is 9.59 Å². The molecule has 2 aromatic carbocycles. The maximum absolute atomic E-state index is 12.3. The molecule has 3 aromatic rings. The van der Waals surface area contributed by atoms with Crippen LogP contribution in [0.5, 0.6) is 0 Å². The Kier molecular flexibility index (Phi) is 3.98. The zero-order valence-corrected chi connectivity index (χ0v) is 13.2. The number of fused-ring (bicyclic) bond motifs is 1. The molecule has 0 saturated heterocycles. The lowest BCUT2D eigenvalue weighted by Gasteiger charge is -2.09. The Morgan fingerprint density at radius 1 is 1.04 bits per heavy atom. The third-order valence-corrected chi connectivity index (χ3v) is 3.88. The lowest BCUT2D eigenvalue weighted by Crippen LogP contribution is -2.18. The zero-order valence-electron chi connectivity index (χ0n) is 13.2. The van der Waals surface area contributed by atoms with Crippen molar-refractivity contribution in [3.63, 3.8) is 0 Å². The molecule has 0 radical (unpaired) electrons.